The molecular formula is C15H19N3O3. The van der Waals surface area contributed by atoms with Gasteiger partial charge in [-0.05, 0) is 31.0 Å². The summed E-state index contributed by atoms with van der Waals surface area (Å²) in [6.45, 7) is 4.40. The number of benzene rings is 1. The molecule has 0 fully saturated rings. The number of ether oxygens (including phenoxy) is 3. The fourth-order valence-electron chi connectivity index (χ4n) is 1.82. The Balaban J connectivity index is 2.32. The van der Waals surface area contributed by atoms with Crippen molar-refractivity contribution in [1.82, 2.24) is 9.97 Å². The van der Waals surface area contributed by atoms with Crippen molar-refractivity contribution in [3.05, 3.63) is 30.1 Å². The molecule has 0 amide bonds. The largest absolute Gasteiger partial charge is 0.493 e. The van der Waals surface area contributed by atoms with Gasteiger partial charge in [0.25, 0.3) is 0 Å². The van der Waals surface area contributed by atoms with Gasteiger partial charge in [0.15, 0.2) is 17.2 Å². The van der Waals surface area contributed by atoms with Crippen molar-refractivity contribution in [2.24, 2.45) is 0 Å². The van der Waals surface area contributed by atoms with E-state index in [0.29, 0.717) is 24.0 Å². The van der Waals surface area contributed by atoms with Gasteiger partial charge < -0.3 is 19.9 Å². The van der Waals surface area contributed by atoms with Gasteiger partial charge in [0.2, 0.25) is 11.8 Å². The Morgan fingerprint density at radius 1 is 1.10 bits per heavy atom. The number of nitrogen functional groups attached to an aromatic ring is 1. The molecule has 6 nitrogen and oxygen atoms in total. The summed E-state index contributed by atoms with van der Waals surface area (Å²) < 4.78 is 16.4. The molecule has 0 radical (unpaired) electrons. The van der Waals surface area contributed by atoms with Crippen LogP contribution in [0.1, 0.15) is 19.4 Å². The van der Waals surface area contributed by atoms with Crippen LogP contribution in [0.5, 0.6) is 23.3 Å². The van der Waals surface area contributed by atoms with E-state index >= 15 is 0 Å². The number of hydrogen-bond donors (Lipinski definition) is 1. The van der Waals surface area contributed by atoms with Crippen molar-refractivity contribution in [2.75, 3.05) is 19.5 Å². The summed E-state index contributed by atoms with van der Waals surface area (Å²) in [5, 5.41) is 0. The van der Waals surface area contributed by atoms with E-state index in [9.17, 15) is 0 Å². The van der Waals surface area contributed by atoms with Gasteiger partial charge in [0, 0.05) is 0 Å². The van der Waals surface area contributed by atoms with Gasteiger partial charge in [-0.25, -0.2) is 0 Å². The van der Waals surface area contributed by atoms with Gasteiger partial charge in [-0.3, -0.25) is 0 Å². The second-order valence-electron chi connectivity index (χ2n) is 4.27. The predicted molar refractivity (Wildman–Crippen MR) is 80.1 cm³/mol. The smallest absolute Gasteiger partial charge is 0.250 e. The highest BCUT2D eigenvalue weighted by molar-refractivity contribution is 5.57. The van der Waals surface area contributed by atoms with Crippen molar-refractivity contribution >= 4 is 5.69 Å². The molecule has 0 unspecified atom stereocenters. The first-order valence-electron chi connectivity index (χ1n) is 6.77. The van der Waals surface area contributed by atoms with Crippen LogP contribution in [0.2, 0.25) is 0 Å². The van der Waals surface area contributed by atoms with E-state index in [1.165, 1.54) is 6.33 Å². The maximum Gasteiger partial charge on any atom is 0.250 e. The Labute approximate surface area is 123 Å². The minimum Gasteiger partial charge on any atom is -0.493 e. The number of aryl methyl sites for hydroxylation is 1. The Morgan fingerprint density at radius 2 is 1.86 bits per heavy atom. The normalized spacial score (nSPS) is 10.2. The van der Waals surface area contributed by atoms with E-state index in [1.807, 2.05) is 25.1 Å². The zero-order chi connectivity index (χ0) is 15.2. The molecule has 2 aromatic rings. The molecule has 2 rings (SSSR count). The molecule has 1 aromatic carbocycles. The van der Waals surface area contributed by atoms with Crippen molar-refractivity contribution in [3.63, 3.8) is 0 Å². The molecular weight excluding hydrogens is 270 g/mol. The molecule has 0 aliphatic carbocycles. The average molecular weight is 289 g/mol. The molecule has 1 heterocycles. The molecule has 0 atom stereocenters. The quantitative estimate of drug-likeness (QED) is 0.880. The predicted octanol–water partition coefficient (Wildman–Crippen LogP) is 2.82. The molecule has 0 saturated carbocycles. The van der Waals surface area contributed by atoms with Crippen molar-refractivity contribution in [3.8, 4) is 23.3 Å². The molecule has 0 aliphatic heterocycles. The van der Waals surface area contributed by atoms with Crippen molar-refractivity contribution < 1.29 is 14.2 Å². The van der Waals surface area contributed by atoms with Crippen LogP contribution >= 0.6 is 0 Å². The minimum atomic E-state index is 0.246. The summed E-state index contributed by atoms with van der Waals surface area (Å²) in [4.78, 5) is 8.01. The SMILES string of the molecule is CCOc1ncnc(Oc2ccc(CC)cc2OC)c1N. The Hall–Kier alpha value is -2.50. The van der Waals surface area contributed by atoms with Crippen molar-refractivity contribution in [1.29, 1.82) is 0 Å². The zero-order valence-electron chi connectivity index (χ0n) is 12.4. The van der Waals surface area contributed by atoms with Gasteiger partial charge in [0.05, 0.1) is 13.7 Å². The molecule has 2 N–H and O–H groups in total. The standard InChI is InChI=1S/C15H19N3O3/c1-4-10-6-7-11(12(8-10)19-3)21-15-13(16)14(20-5-2)17-9-18-15/h6-9H,4-5,16H2,1-3H3. The number of aromatic nitrogens is 2. The summed E-state index contributed by atoms with van der Waals surface area (Å²) in [6.07, 6.45) is 2.27. The fourth-order valence-corrected chi connectivity index (χ4v) is 1.82. The van der Waals surface area contributed by atoms with Crippen LogP contribution in [0.25, 0.3) is 0 Å². The summed E-state index contributed by atoms with van der Waals surface area (Å²) >= 11 is 0. The van der Waals surface area contributed by atoms with E-state index in [0.717, 1.165) is 12.0 Å². The second kappa shape index (κ2) is 6.78. The maximum atomic E-state index is 5.95. The zero-order valence-corrected chi connectivity index (χ0v) is 12.4. The summed E-state index contributed by atoms with van der Waals surface area (Å²) in [6, 6.07) is 5.73. The summed E-state index contributed by atoms with van der Waals surface area (Å²) in [5.74, 6) is 1.73. The summed E-state index contributed by atoms with van der Waals surface area (Å²) in [7, 11) is 1.59. The number of nitrogens with two attached hydrogens (primary N) is 1. The van der Waals surface area contributed by atoms with E-state index in [4.69, 9.17) is 19.9 Å². The first-order chi connectivity index (χ1) is 10.2. The van der Waals surface area contributed by atoms with E-state index < -0.39 is 0 Å². The lowest BCUT2D eigenvalue weighted by Crippen LogP contribution is -2.03. The number of rotatable bonds is 6. The van der Waals surface area contributed by atoms with Gasteiger partial charge in [-0.15, -0.1) is 0 Å². The Morgan fingerprint density at radius 3 is 2.52 bits per heavy atom. The highest BCUT2D eigenvalue weighted by Crippen LogP contribution is 2.35. The topological polar surface area (TPSA) is 79.5 Å². The van der Waals surface area contributed by atoms with Gasteiger partial charge in [-0.2, -0.15) is 9.97 Å². The van der Waals surface area contributed by atoms with Gasteiger partial charge in [-0.1, -0.05) is 13.0 Å². The van der Waals surface area contributed by atoms with E-state index in [1.54, 1.807) is 7.11 Å². The number of methoxy groups -OCH3 is 1. The molecule has 21 heavy (non-hydrogen) atoms. The minimum absolute atomic E-state index is 0.246. The maximum absolute atomic E-state index is 5.95. The first-order valence-corrected chi connectivity index (χ1v) is 6.77. The molecule has 0 aliphatic rings. The lowest BCUT2D eigenvalue weighted by atomic mass is 10.1. The third-order valence-corrected chi connectivity index (χ3v) is 2.93. The molecule has 0 saturated heterocycles. The number of anilines is 1. The Kier molecular flexibility index (Phi) is 4.81. The summed E-state index contributed by atoms with van der Waals surface area (Å²) in [5.41, 5.74) is 7.37. The van der Waals surface area contributed by atoms with Crippen LogP contribution in [0, 0.1) is 0 Å². The molecule has 0 bridgehead atoms. The number of hydrogen-bond acceptors (Lipinski definition) is 6. The average Bonchev–Trinajstić information content (AvgIpc) is 2.51. The number of nitrogens with zero attached hydrogens (tertiary/aromatic N) is 2. The Bertz CT molecular complexity index is 617. The van der Waals surface area contributed by atoms with Crippen molar-refractivity contribution in [2.45, 2.75) is 20.3 Å². The fraction of sp³-hybridized carbons (Fsp3) is 0.333. The highest BCUT2D eigenvalue weighted by atomic mass is 16.5. The van der Waals surface area contributed by atoms with Crippen LogP contribution in [-0.4, -0.2) is 23.7 Å². The van der Waals surface area contributed by atoms with Gasteiger partial charge in [0.1, 0.15) is 6.33 Å². The molecule has 1 aromatic heterocycles. The van der Waals surface area contributed by atoms with Crippen LogP contribution in [0.15, 0.2) is 24.5 Å². The third-order valence-electron chi connectivity index (χ3n) is 2.93. The second-order valence-corrected chi connectivity index (χ2v) is 4.27. The highest BCUT2D eigenvalue weighted by Gasteiger charge is 2.13. The molecule has 0 spiro atoms. The third kappa shape index (κ3) is 3.34. The molecule has 112 valence electrons. The van der Waals surface area contributed by atoms with E-state index in [-0.39, 0.29) is 11.6 Å². The first kappa shape index (κ1) is 14.9. The van der Waals surface area contributed by atoms with Gasteiger partial charge >= 0.3 is 0 Å². The van der Waals surface area contributed by atoms with Crippen LogP contribution in [0.3, 0.4) is 0 Å². The van der Waals surface area contributed by atoms with E-state index in [2.05, 4.69) is 16.9 Å². The molecule has 6 heteroatoms. The lowest BCUT2D eigenvalue weighted by Gasteiger charge is -2.13. The van der Waals surface area contributed by atoms with Crippen LogP contribution < -0.4 is 19.9 Å². The lowest BCUT2D eigenvalue weighted by molar-refractivity contribution is 0.324. The van der Waals surface area contributed by atoms with Crippen LogP contribution in [0.4, 0.5) is 5.69 Å². The monoisotopic (exact) mass is 289 g/mol. The van der Waals surface area contributed by atoms with Crippen LogP contribution in [-0.2, 0) is 6.42 Å².